The average molecular weight is 295 g/mol. The maximum absolute atomic E-state index is 14.3. The summed E-state index contributed by atoms with van der Waals surface area (Å²) in [5, 5.41) is 5.27. The highest BCUT2D eigenvalue weighted by atomic mass is 32.1. The number of benzene rings is 1. The van der Waals surface area contributed by atoms with Crippen LogP contribution in [0.15, 0.2) is 23.6 Å². The van der Waals surface area contributed by atoms with Crippen LogP contribution in [0.5, 0.6) is 0 Å². The van der Waals surface area contributed by atoms with E-state index in [0.29, 0.717) is 17.7 Å². The van der Waals surface area contributed by atoms with E-state index in [4.69, 9.17) is 0 Å². The lowest BCUT2D eigenvalue weighted by atomic mass is 9.99. The molecule has 1 N–H and O–H groups in total. The number of nitrogens with one attached hydrogen (secondary N) is 1. The van der Waals surface area contributed by atoms with Crippen molar-refractivity contribution in [2.24, 2.45) is 0 Å². The van der Waals surface area contributed by atoms with Gasteiger partial charge in [0.2, 0.25) is 0 Å². The van der Waals surface area contributed by atoms with Crippen molar-refractivity contribution in [1.29, 1.82) is 0 Å². The Kier molecular flexibility index (Phi) is 4.89. The van der Waals surface area contributed by atoms with Gasteiger partial charge >= 0.3 is 0 Å². The van der Waals surface area contributed by atoms with E-state index in [1.807, 2.05) is 18.4 Å². The Morgan fingerprint density at radius 2 is 1.90 bits per heavy atom. The molecule has 1 nitrogen and oxygen atoms in total. The molecule has 1 unspecified atom stereocenters. The van der Waals surface area contributed by atoms with Gasteiger partial charge in [0.15, 0.2) is 11.6 Å². The first-order chi connectivity index (χ1) is 9.60. The van der Waals surface area contributed by atoms with Crippen molar-refractivity contribution in [1.82, 2.24) is 5.32 Å². The summed E-state index contributed by atoms with van der Waals surface area (Å²) >= 11 is 1.58. The molecule has 108 valence electrons. The number of rotatable bonds is 5. The van der Waals surface area contributed by atoms with E-state index in [0.717, 1.165) is 11.3 Å². The Hall–Kier alpha value is -1.26. The van der Waals surface area contributed by atoms with Crippen molar-refractivity contribution >= 4 is 11.3 Å². The SMILES string of the molecule is CCNC(c1ccc(C)c(F)c1F)c1sccc1CC. The van der Waals surface area contributed by atoms with E-state index in [-0.39, 0.29) is 6.04 Å². The van der Waals surface area contributed by atoms with Crippen LogP contribution in [0.2, 0.25) is 0 Å². The van der Waals surface area contributed by atoms with Gasteiger partial charge < -0.3 is 5.32 Å². The highest BCUT2D eigenvalue weighted by molar-refractivity contribution is 7.10. The largest absolute Gasteiger partial charge is 0.306 e. The topological polar surface area (TPSA) is 12.0 Å². The normalized spacial score (nSPS) is 12.7. The molecule has 0 fully saturated rings. The number of hydrogen-bond donors (Lipinski definition) is 1. The molecule has 0 bridgehead atoms. The van der Waals surface area contributed by atoms with E-state index in [2.05, 4.69) is 12.2 Å². The first-order valence-electron chi connectivity index (χ1n) is 6.84. The Balaban J connectivity index is 2.52. The Morgan fingerprint density at radius 1 is 1.15 bits per heavy atom. The molecule has 0 spiro atoms. The molecule has 0 aliphatic rings. The van der Waals surface area contributed by atoms with Crippen LogP contribution in [0.3, 0.4) is 0 Å². The van der Waals surface area contributed by atoms with Crippen molar-refractivity contribution < 1.29 is 8.78 Å². The molecular weight excluding hydrogens is 276 g/mol. The second-order valence-corrected chi connectivity index (χ2v) is 5.70. The molecule has 4 heteroatoms. The van der Waals surface area contributed by atoms with Crippen molar-refractivity contribution in [2.75, 3.05) is 6.54 Å². The van der Waals surface area contributed by atoms with E-state index in [1.54, 1.807) is 30.4 Å². The summed E-state index contributed by atoms with van der Waals surface area (Å²) < 4.78 is 28.1. The Labute approximate surface area is 122 Å². The van der Waals surface area contributed by atoms with Crippen molar-refractivity contribution in [3.63, 3.8) is 0 Å². The third kappa shape index (κ3) is 2.76. The molecular formula is C16H19F2NS. The zero-order valence-corrected chi connectivity index (χ0v) is 12.8. The van der Waals surface area contributed by atoms with Crippen LogP contribution in [-0.4, -0.2) is 6.54 Å². The molecule has 0 amide bonds. The molecule has 0 saturated carbocycles. The van der Waals surface area contributed by atoms with Crippen LogP contribution in [0.1, 0.15) is 41.5 Å². The van der Waals surface area contributed by atoms with Crippen molar-refractivity contribution in [3.8, 4) is 0 Å². The fraction of sp³-hybridized carbons (Fsp3) is 0.375. The first-order valence-corrected chi connectivity index (χ1v) is 7.72. The van der Waals surface area contributed by atoms with Gasteiger partial charge in [0.25, 0.3) is 0 Å². The fourth-order valence-corrected chi connectivity index (χ4v) is 3.41. The van der Waals surface area contributed by atoms with Gasteiger partial charge in [-0.15, -0.1) is 11.3 Å². The summed E-state index contributed by atoms with van der Waals surface area (Å²) in [5.41, 5.74) is 1.90. The molecule has 1 aromatic heterocycles. The zero-order chi connectivity index (χ0) is 14.7. The van der Waals surface area contributed by atoms with E-state index >= 15 is 0 Å². The minimum Gasteiger partial charge on any atom is -0.306 e. The molecule has 1 atom stereocenters. The van der Waals surface area contributed by atoms with Gasteiger partial charge in [-0.2, -0.15) is 0 Å². The lowest BCUT2D eigenvalue weighted by Crippen LogP contribution is -2.23. The van der Waals surface area contributed by atoms with Crippen LogP contribution in [0.25, 0.3) is 0 Å². The van der Waals surface area contributed by atoms with Crippen LogP contribution >= 0.6 is 11.3 Å². The van der Waals surface area contributed by atoms with E-state index in [9.17, 15) is 8.78 Å². The molecule has 2 rings (SSSR count). The van der Waals surface area contributed by atoms with Crippen molar-refractivity contribution in [2.45, 2.75) is 33.2 Å². The monoisotopic (exact) mass is 295 g/mol. The minimum absolute atomic E-state index is 0.287. The zero-order valence-electron chi connectivity index (χ0n) is 12.0. The van der Waals surface area contributed by atoms with Gasteiger partial charge in [0.1, 0.15) is 0 Å². The third-order valence-corrected chi connectivity index (χ3v) is 4.47. The van der Waals surface area contributed by atoms with Gasteiger partial charge in [-0.1, -0.05) is 26.0 Å². The predicted octanol–water partition coefficient (Wildman–Crippen LogP) is 4.60. The van der Waals surface area contributed by atoms with Crippen LogP contribution in [-0.2, 0) is 6.42 Å². The summed E-state index contributed by atoms with van der Waals surface area (Å²) in [4.78, 5) is 1.07. The molecule has 2 aromatic rings. The summed E-state index contributed by atoms with van der Waals surface area (Å²) in [5.74, 6) is -1.49. The third-order valence-electron chi connectivity index (χ3n) is 3.45. The standard InChI is InChI=1S/C16H19F2NS/c1-4-11-8-9-20-16(11)15(19-5-2)12-7-6-10(3)13(17)14(12)18/h6-9,15,19H,4-5H2,1-3H3. The molecule has 0 aliphatic heterocycles. The second kappa shape index (κ2) is 6.46. The van der Waals surface area contributed by atoms with E-state index < -0.39 is 11.6 Å². The lowest BCUT2D eigenvalue weighted by Gasteiger charge is -2.20. The highest BCUT2D eigenvalue weighted by Crippen LogP contribution is 2.32. The van der Waals surface area contributed by atoms with Crippen molar-refractivity contribution in [3.05, 3.63) is 56.8 Å². The molecule has 0 radical (unpaired) electrons. The summed E-state index contributed by atoms with van der Waals surface area (Å²) in [7, 11) is 0. The minimum atomic E-state index is -0.750. The molecule has 0 saturated heterocycles. The number of hydrogen-bond acceptors (Lipinski definition) is 2. The fourth-order valence-electron chi connectivity index (χ4n) is 2.32. The second-order valence-electron chi connectivity index (χ2n) is 4.75. The summed E-state index contributed by atoms with van der Waals surface area (Å²) in [6.45, 7) is 6.31. The van der Waals surface area contributed by atoms with Crippen LogP contribution in [0.4, 0.5) is 8.78 Å². The maximum atomic E-state index is 14.3. The molecule has 0 aliphatic carbocycles. The summed E-state index contributed by atoms with van der Waals surface area (Å²) in [6, 6.07) is 5.08. The van der Waals surface area contributed by atoms with Gasteiger partial charge in [0.05, 0.1) is 6.04 Å². The van der Waals surface area contributed by atoms with E-state index in [1.165, 1.54) is 5.56 Å². The van der Waals surface area contributed by atoms with Gasteiger partial charge in [-0.05, 0) is 42.5 Å². The average Bonchev–Trinajstić information content (AvgIpc) is 2.91. The number of aryl methyl sites for hydroxylation is 2. The van der Waals surface area contributed by atoms with Gasteiger partial charge in [-0.3, -0.25) is 0 Å². The Morgan fingerprint density at radius 3 is 2.55 bits per heavy atom. The highest BCUT2D eigenvalue weighted by Gasteiger charge is 2.23. The van der Waals surface area contributed by atoms with Gasteiger partial charge in [0, 0.05) is 10.4 Å². The summed E-state index contributed by atoms with van der Waals surface area (Å²) in [6.07, 6.45) is 0.886. The predicted molar refractivity (Wildman–Crippen MR) is 80.3 cm³/mol. The first kappa shape index (κ1) is 15.1. The number of thiophene rings is 1. The molecule has 20 heavy (non-hydrogen) atoms. The molecule has 1 heterocycles. The smallest absolute Gasteiger partial charge is 0.164 e. The Bertz CT molecular complexity index is 592. The maximum Gasteiger partial charge on any atom is 0.164 e. The van der Waals surface area contributed by atoms with Crippen LogP contribution in [0, 0.1) is 18.6 Å². The van der Waals surface area contributed by atoms with Gasteiger partial charge in [-0.25, -0.2) is 8.78 Å². The van der Waals surface area contributed by atoms with Crippen LogP contribution < -0.4 is 5.32 Å². The molecule has 1 aromatic carbocycles. The quantitative estimate of drug-likeness (QED) is 0.850. The lowest BCUT2D eigenvalue weighted by molar-refractivity contribution is 0.479. The number of halogens is 2.